The molecule has 0 radical (unpaired) electrons. The predicted molar refractivity (Wildman–Crippen MR) is 135 cm³/mol. The summed E-state index contributed by atoms with van der Waals surface area (Å²) in [5, 5.41) is 0.991. The Balaban J connectivity index is 1.34. The highest BCUT2D eigenvalue weighted by Gasteiger charge is 2.30. The Hall–Kier alpha value is -2.45. The van der Waals surface area contributed by atoms with Crippen LogP contribution in [0, 0.1) is 0 Å². The first kappa shape index (κ1) is 26.6. The second-order valence-corrected chi connectivity index (χ2v) is 9.70. The Morgan fingerprint density at radius 2 is 1.50 bits per heavy atom. The number of carbonyl (C=O) groups is 1. The van der Waals surface area contributed by atoms with E-state index in [1.165, 1.54) is 24.3 Å². The van der Waals surface area contributed by atoms with Crippen molar-refractivity contribution in [1.29, 1.82) is 0 Å². The van der Waals surface area contributed by atoms with Crippen LogP contribution < -0.4 is 4.74 Å². The normalized spacial score (nSPS) is 14.7. The number of rotatable bonds is 6. The van der Waals surface area contributed by atoms with Gasteiger partial charge in [0, 0.05) is 43.3 Å². The van der Waals surface area contributed by atoms with Crippen LogP contribution >= 0.6 is 34.8 Å². The largest absolute Gasteiger partial charge is 0.486 e. The van der Waals surface area contributed by atoms with Crippen molar-refractivity contribution in [3.05, 3.63) is 98.0 Å². The molecule has 190 valence electrons. The molecule has 1 aliphatic rings. The summed E-state index contributed by atoms with van der Waals surface area (Å²) < 4.78 is 44.7. The molecule has 1 heterocycles. The van der Waals surface area contributed by atoms with Crippen LogP contribution in [-0.4, -0.2) is 41.9 Å². The highest BCUT2D eigenvalue weighted by molar-refractivity contribution is 6.40. The lowest BCUT2D eigenvalue weighted by molar-refractivity contribution is -0.137. The molecule has 3 aromatic rings. The molecule has 0 bridgehead atoms. The minimum absolute atomic E-state index is 0.113. The molecule has 36 heavy (non-hydrogen) atoms. The number of piperazine rings is 1. The Kier molecular flexibility index (Phi) is 8.35. The molecule has 1 fully saturated rings. The van der Waals surface area contributed by atoms with Crippen molar-refractivity contribution in [3.8, 4) is 5.75 Å². The number of halogens is 6. The molecule has 4 rings (SSSR count). The molecule has 0 saturated carbocycles. The maximum absolute atomic E-state index is 13.1. The standard InChI is InChI=1S/C26H22Cl3F3N2O2/c27-21-13-22(28)24(23(29)14-21)36-16-18-4-1-5-19(11-18)25(35)34-9-7-33(8-10-34)15-17-3-2-6-20(12-17)26(30,31)32/h1-6,11-14H,7-10,15-16H2. The van der Waals surface area contributed by atoms with Gasteiger partial charge in [0.1, 0.15) is 6.61 Å². The molecular formula is C26H22Cl3F3N2O2. The third kappa shape index (κ3) is 6.65. The molecule has 0 N–H and O–H groups in total. The molecule has 0 aromatic heterocycles. The smallest absolute Gasteiger partial charge is 0.416 e. The third-order valence-corrected chi connectivity index (χ3v) is 6.62. The SMILES string of the molecule is O=C(c1cccc(COc2c(Cl)cc(Cl)cc2Cl)c1)N1CCN(Cc2cccc(C(F)(F)F)c2)CC1. The lowest BCUT2D eigenvalue weighted by atomic mass is 10.1. The molecule has 1 saturated heterocycles. The second kappa shape index (κ2) is 11.3. The first-order valence-corrected chi connectivity index (χ1v) is 12.3. The minimum Gasteiger partial charge on any atom is -0.486 e. The predicted octanol–water partition coefficient (Wildman–Crippen LogP) is 7.20. The van der Waals surface area contributed by atoms with Gasteiger partial charge in [-0.1, -0.05) is 65.1 Å². The van der Waals surface area contributed by atoms with Gasteiger partial charge in [-0.15, -0.1) is 0 Å². The topological polar surface area (TPSA) is 32.8 Å². The van der Waals surface area contributed by atoms with E-state index in [0.29, 0.717) is 64.7 Å². The number of hydrogen-bond donors (Lipinski definition) is 0. The van der Waals surface area contributed by atoms with Crippen molar-refractivity contribution in [3.63, 3.8) is 0 Å². The highest BCUT2D eigenvalue weighted by Crippen LogP contribution is 2.36. The molecule has 1 aliphatic heterocycles. The van der Waals surface area contributed by atoms with Crippen LogP contribution in [0.4, 0.5) is 13.2 Å². The monoisotopic (exact) mass is 556 g/mol. The van der Waals surface area contributed by atoms with E-state index in [1.807, 2.05) is 11.0 Å². The van der Waals surface area contributed by atoms with Crippen LogP contribution in [0.5, 0.6) is 5.75 Å². The molecular weight excluding hydrogens is 536 g/mol. The fourth-order valence-corrected chi connectivity index (χ4v) is 4.94. The molecule has 1 amide bonds. The number of benzene rings is 3. The number of nitrogens with zero attached hydrogens (tertiary/aromatic N) is 2. The molecule has 3 aromatic carbocycles. The fourth-order valence-electron chi connectivity index (χ4n) is 4.01. The van der Waals surface area contributed by atoms with Gasteiger partial charge in [0.25, 0.3) is 5.91 Å². The Morgan fingerprint density at radius 3 is 2.17 bits per heavy atom. The Bertz CT molecular complexity index is 1220. The summed E-state index contributed by atoms with van der Waals surface area (Å²) in [7, 11) is 0. The number of carbonyl (C=O) groups excluding carboxylic acids is 1. The van der Waals surface area contributed by atoms with Crippen molar-refractivity contribution < 1.29 is 22.7 Å². The van der Waals surface area contributed by atoms with E-state index in [-0.39, 0.29) is 12.5 Å². The van der Waals surface area contributed by atoms with Crippen molar-refractivity contribution >= 4 is 40.7 Å². The van der Waals surface area contributed by atoms with Gasteiger partial charge >= 0.3 is 6.18 Å². The van der Waals surface area contributed by atoms with Gasteiger partial charge in [-0.2, -0.15) is 13.2 Å². The zero-order chi connectivity index (χ0) is 25.9. The summed E-state index contributed by atoms with van der Waals surface area (Å²) in [4.78, 5) is 16.9. The fraction of sp³-hybridized carbons (Fsp3) is 0.269. The Morgan fingerprint density at radius 1 is 0.861 bits per heavy atom. The lowest BCUT2D eigenvalue weighted by Gasteiger charge is -2.35. The number of ether oxygens (including phenoxy) is 1. The van der Waals surface area contributed by atoms with E-state index in [4.69, 9.17) is 39.5 Å². The molecule has 0 unspecified atom stereocenters. The quantitative estimate of drug-likeness (QED) is 0.321. The van der Waals surface area contributed by atoms with Crippen LogP contribution in [0.15, 0.2) is 60.7 Å². The summed E-state index contributed by atoms with van der Waals surface area (Å²) in [6.07, 6.45) is -4.37. The van der Waals surface area contributed by atoms with Crippen molar-refractivity contribution in [1.82, 2.24) is 9.80 Å². The van der Waals surface area contributed by atoms with Crippen LogP contribution in [-0.2, 0) is 19.3 Å². The van der Waals surface area contributed by atoms with E-state index in [9.17, 15) is 18.0 Å². The number of amides is 1. The zero-order valence-corrected chi connectivity index (χ0v) is 21.3. The van der Waals surface area contributed by atoms with Gasteiger partial charge in [0.05, 0.1) is 15.6 Å². The van der Waals surface area contributed by atoms with Crippen LogP contribution in [0.3, 0.4) is 0 Å². The second-order valence-electron chi connectivity index (χ2n) is 8.45. The summed E-state index contributed by atoms with van der Waals surface area (Å²) in [5.41, 5.74) is 1.23. The lowest BCUT2D eigenvalue weighted by Crippen LogP contribution is -2.48. The minimum atomic E-state index is -4.37. The number of hydrogen-bond acceptors (Lipinski definition) is 3. The summed E-state index contributed by atoms with van der Waals surface area (Å²) in [5.74, 6) is 0.203. The van der Waals surface area contributed by atoms with Gasteiger partial charge in [0.2, 0.25) is 0 Å². The van der Waals surface area contributed by atoms with E-state index >= 15 is 0 Å². The van der Waals surface area contributed by atoms with E-state index in [0.717, 1.165) is 11.6 Å². The third-order valence-electron chi connectivity index (χ3n) is 5.84. The summed E-state index contributed by atoms with van der Waals surface area (Å²) in [6.45, 7) is 2.65. The van der Waals surface area contributed by atoms with E-state index in [1.54, 1.807) is 29.2 Å². The van der Waals surface area contributed by atoms with E-state index in [2.05, 4.69) is 0 Å². The average molecular weight is 558 g/mol. The van der Waals surface area contributed by atoms with Gasteiger partial charge < -0.3 is 9.64 Å². The molecule has 0 aliphatic carbocycles. The van der Waals surface area contributed by atoms with Gasteiger partial charge in [-0.3, -0.25) is 9.69 Å². The molecule has 0 spiro atoms. The van der Waals surface area contributed by atoms with Crippen LogP contribution in [0.2, 0.25) is 15.1 Å². The molecule has 4 nitrogen and oxygen atoms in total. The van der Waals surface area contributed by atoms with Crippen LogP contribution in [0.25, 0.3) is 0 Å². The van der Waals surface area contributed by atoms with Crippen molar-refractivity contribution in [2.24, 2.45) is 0 Å². The molecule has 0 atom stereocenters. The Labute approximate surface area is 222 Å². The maximum Gasteiger partial charge on any atom is 0.416 e. The van der Waals surface area contributed by atoms with Gasteiger partial charge in [-0.25, -0.2) is 0 Å². The average Bonchev–Trinajstić information content (AvgIpc) is 2.83. The van der Waals surface area contributed by atoms with Gasteiger partial charge in [0.15, 0.2) is 5.75 Å². The highest BCUT2D eigenvalue weighted by atomic mass is 35.5. The van der Waals surface area contributed by atoms with E-state index < -0.39 is 11.7 Å². The maximum atomic E-state index is 13.1. The molecule has 10 heteroatoms. The summed E-state index contributed by atoms with van der Waals surface area (Å²) >= 11 is 18.3. The first-order valence-electron chi connectivity index (χ1n) is 11.1. The zero-order valence-electron chi connectivity index (χ0n) is 19.0. The van der Waals surface area contributed by atoms with Crippen molar-refractivity contribution in [2.75, 3.05) is 26.2 Å². The first-order chi connectivity index (χ1) is 17.1. The van der Waals surface area contributed by atoms with Crippen molar-refractivity contribution in [2.45, 2.75) is 19.3 Å². The van der Waals surface area contributed by atoms with Crippen LogP contribution in [0.1, 0.15) is 27.0 Å². The van der Waals surface area contributed by atoms with Gasteiger partial charge in [-0.05, 0) is 41.5 Å². The summed E-state index contributed by atoms with van der Waals surface area (Å²) in [6, 6.07) is 15.5. The number of alkyl halides is 3.